The molecule has 0 amide bonds. The van der Waals surface area contributed by atoms with E-state index in [1.807, 2.05) is 12.1 Å². The van der Waals surface area contributed by atoms with Gasteiger partial charge in [-0.15, -0.1) is 21.5 Å². The Bertz CT molecular complexity index is 1210. The molecule has 28 heavy (non-hydrogen) atoms. The van der Waals surface area contributed by atoms with Gasteiger partial charge in [0.15, 0.2) is 21.3 Å². The molecule has 0 aliphatic rings. The third-order valence-corrected chi connectivity index (χ3v) is 7.00. The SMILES string of the molecule is COc1ccc(S(=O)(=O)Cc2nnc(-c3cc(-c4ccc(Br)s4)on3)o2)cc1. The van der Waals surface area contributed by atoms with Crippen LogP contribution in [0.15, 0.2) is 60.1 Å². The van der Waals surface area contributed by atoms with Gasteiger partial charge in [0.05, 0.1) is 20.7 Å². The van der Waals surface area contributed by atoms with Crippen LogP contribution in [0, 0.1) is 0 Å². The zero-order valence-electron chi connectivity index (χ0n) is 14.3. The van der Waals surface area contributed by atoms with Gasteiger partial charge in [-0.05, 0) is 52.3 Å². The summed E-state index contributed by atoms with van der Waals surface area (Å²) in [6.07, 6.45) is 0. The van der Waals surface area contributed by atoms with Crippen LogP contribution in [0.5, 0.6) is 5.75 Å². The third-order valence-electron chi connectivity index (χ3n) is 3.74. The first kappa shape index (κ1) is 18.8. The summed E-state index contributed by atoms with van der Waals surface area (Å²) in [4.78, 5) is 1.02. The van der Waals surface area contributed by atoms with Gasteiger partial charge < -0.3 is 13.7 Å². The van der Waals surface area contributed by atoms with E-state index in [0.29, 0.717) is 17.2 Å². The van der Waals surface area contributed by atoms with Crippen molar-refractivity contribution in [2.24, 2.45) is 0 Å². The number of aromatic nitrogens is 3. The van der Waals surface area contributed by atoms with Crippen LogP contribution in [0.2, 0.25) is 0 Å². The second-order valence-electron chi connectivity index (χ2n) is 5.62. The lowest BCUT2D eigenvalue weighted by atomic mass is 10.3. The number of hydrogen-bond acceptors (Lipinski definition) is 9. The normalized spacial score (nSPS) is 11.6. The molecule has 11 heteroatoms. The van der Waals surface area contributed by atoms with Gasteiger partial charge in [-0.1, -0.05) is 5.16 Å². The summed E-state index contributed by atoms with van der Waals surface area (Å²) in [7, 11) is -2.13. The van der Waals surface area contributed by atoms with E-state index in [0.717, 1.165) is 8.66 Å². The standard InChI is InChI=1S/C17H12BrN3O5S2/c1-24-10-2-4-11(5-3-10)28(22,23)9-16-19-20-17(25-16)12-8-13(26-21-12)14-6-7-15(18)27-14/h2-8H,9H2,1H3. The molecule has 1 aromatic carbocycles. The Labute approximate surface area is 172 Å². The molecule has 0 N–H and O–H groups in total. The van der Waals surface area contributed by atoms with Crippen molar-refractivity contribution in [3.63, 3.8) is 0 Å². The molecule has 0 fully saturated rings. The fourth-order valence-electron chi connectivity index (χ4n) is 2.38. The average Bonchev–Trinajstić information content (AvgIpc) is 3.42. The monoisotopic (exact) mass is 481 g/mol. The summed E-state index contributed by atoms with van der Waals surface area (Å²) in [6.45, 7) is 0. The van der Waals surface area contributed by atoms with Crippen LogP contribution in [0.3, 0.4) is 0 Å². The molecule has 0 unspecified atom stereocenters. The topological polar surface area (TPSA) is 108 Å². The summed E-state index contributed by atoms with van der Waals surface area (Å²) in [5.41, 5.74) is 0.333. The maximum absolute atomic E-state index is 12.5. The van der Waals surface area contributed by atoms with Crippen molar-refractivity contribution in [2.75, 3.05) is 7.11 Å². The average molecular weight is 482 g/mol. The maximum atomic E-state index is 12.5. The molecule has 0 radical (unpaired) electrons. The minimum Gasteiger partial charge on any atom is -0.497 e. The molecule has 0 saturated carbocycles. The van der Waals surface area contributed by atoms with Gasteiger partial charge in [-0.25, -0.2) is 8.42 Å². The number of nitrogens with zero attached hydrogens (tertiary/aromatic N) is 3. The molecular formula is C17H12BrN3O5S2. The lowest BCUT2D eigenvalue weighted by molar-refractivity contribution is 0.414. The Morgan fingerprint density at radius 3 is 2.61 bits per heavy atom. The first-order valence-electron chi connectivity index (χ1n) is 7.86. The number of hydrogen-bond donors (Lipinski definition) is 0. The second kappa shape index (κ2) is 7.49. The molecule has 3 heterocycles. The summed E-state index contributed by atoms with van der Waals surface area (Å²) in [5.74, 6) is 0.754. The number of benzene rings is 1. The molecular weight excluding hydrogens is 470 g/mol. The number of thiophene rings is 1. The van der Waals surface area contributed by atoms with Crippen molar-refractivity contribution in [2.45, 2.75) is 10.6 Å². The van der Waals surface area contributed by atoms with Crippen LogP contribution in [-0.4, -0.2) is 30.9 Å². The van der Waals surface area contributed by atoms with E-state index >= 15 is 0 Å². The molecule has 0 aliphatic carbocycles. The number of ether oxygens (including phenoxy) is 1. The van der Waals surface area contributed by atoms with Gasteiger partial charge in [0, 0.05) is 6.07 Å². The minimum atomic E-state index is -3.64. The zero-order valence-corrected chi connectivity index (χ0v) is 17.5. The molecule has 0 spiro atoms. The van der Waals surface area contributed by atoms with Gasteiger partial charge in [0.1, 0.15) is 11.5 Å². The summed E-state index contributed by atoms with van der Waals surface area (Å²) < 4.78 is 41.8. The summed E-state index contributed by atoms with van der Waals surface area (Å²) >= 11 is 4.88. The lowest BCUT2D eigenvalue weighted by Gasteiger charge is -2.03. The number of sulfone groups is 1. The summed E-state index contributed by atoms with van der Waals surface area (Å²) in [6, 6.07) is 11.5. The van der Waals surface area contributed by atoms with E-state index < -0.39 is 15.6 Å². The van der Waals surface area contributed by atoms with Gasteiger partial charge in [-0.3, -0.25) is 0 Å². The minimum absolute atomic E-state index is 0.0331. The van der Waals surface area contributed by atoms with Crippen molar-refractivity contribution in [1.82, 2.24) is 15.4 Å². The molecule has 0 saturated heterocycles. The number of rotatable bonds is 6. The highest BCUT2D eigenvalue weighted by Crippen LogP contribution is 2.33. The van der Waals surface area contributed by atoms with E-state index in [-0.39, 0.29) is 16.7 Å². The quantitative estimate of drug-likeness (QED) is 0.403. The zero-order chi connectivity index (χ0) is 19.7. The van der Waals surface area contributed by atoms with Crippen molar-refractivity contribution < 1.29 is 22.1 Å². The van der Waals surface area contributed by atoms with Gasteiger partial charge in [-0.2, -0.15) is 0 Å². The predicted octanol–water partition coefficient (Wildman–Crippen LogP) is 4.20. The molecule has 4 rings (SSSR count). The van der Waals surface area contributed by atoms with E-state index in [1.165, 1.54) is 30.6 Å². The third kappa shape index (κ3) is 3.86. The molecule has 3 aromatic heterocycles. The van der Waals surface area contributed by atoms with E-state index in [4.69, 9.17) is 13.7 Å². The smallest absolute Gasteiger partial charge is 0.269 e. The van der Waals surface area contributed by atoms with Crippen LogP contribution in [0.25, 0.3) is 22.2 Å². The Balaban J connectivity index is 1.53. The van der Waals surface area contributed by atoms with Crippen LogP contribution in [0.1, 0.15) is 5.89 Å². The van der Waals surface area contributed by atoms with Gasteiger partial charge in [0.25, 0.3) is 5.89 Å². The van der Waals surface area contributed by atoms with Crippen LogP contribution in [0.4, 0.5) is 0 Å². The molecule has 8 nitrogen and oxygen atoms in total. The Morgan fingerprint density at radius 1 is 1.14 bits per heavy atom. The highest BCUT2D eigenvalue weighted by Gasteiger charge is 2.21. The van der Waals surface area contributed by atoms with Gasteiger partial charge >= 0.3 is 0 Å². The van der Waals surface area contributed by atoms with Crippen LogP contribution < -0.4 is 4.74 Å². The number of halogens is 1. The van der Waals surface area contributed by atoms with Crippen molar-refractivity contribution in [3.05, 3.63) is 52.1 Å². The first-order valence-corrected chi connectivity index (χ1v) is 11.1. The second-order valence-corrected chi connectivity index (χ2v) is 10.1. The van der Waals surface area contributed by atoms with Crippen molar-refractivity contribution in [1.29, 1.82) is 0 Å². The lowest BCUT2D eigenvalue weighted by Crippen LogP contribution is -2.05. The summed E-state index contributed by atoms with van der Waals surface area (Å²) in [5, 5.41) is 11.6. The van der Waals surface area contributed by atoms with Crippen LogP contribution >= 0.6 is 27.3 Å². The van der Waals surface area contributed by atoms with Crippen molar-refractivity contribution >= 4 is 37.1 Å². The number of methoxy groups -OCH3 is 1. The highest BCUT2D eigenvalue weighted by molar-refractivity contribution is 9.11. The van der Waals surface area contributed by atoms with E-state index in [9.17, 15) is 8.42 Å². The largest absolute Gasteiger partial charge is 0.497 e. The predicted molar refractivity (Wildman–Crippen MR) is 105 cm³/mol. The fourth-order valence-corrected chi connectivity index (χ4v) is 4.88. The molecule has 0 atom stereocenters. The maximum Gasteiger partial charge on any atom is 0.269 e. The van der Waals surface area contributed by atoms with E-state index in [1.54, 1.807) is 18.2 Å². The Hall–Kier alpha value is -2.50. The fraction of sp³-hybridized carbons (Fsp3) is 0.118. The van der Waals surface area contributed by atoms with Crippen molar-refractivity contribution in [3.8, 4) is 28.0 Å². The molecule has 4 aromatic rings. The highest BCUT2D eigenvalue weighted by atomic mass is 79.9. The molecule has 144 valence electrons. The Kier molecular flexibility index (Phi) is 5.04. The van der Waals surface area contributed by atoms with Crippen LogP contribution in [-0.2, 0) is 15.6 Å². The molecule has 0 aliphatic heterocycles. The molecule has 0 bridgehead atoms. The first-order chi connectivity index (χ1) is 13.4. The van der Waals surface area contributed by atoms with Gasteiger partial charge in [0.2, 0.25) is 5.89 Å². The Morgan fingerprint density at radius 2 is 1.93 bits per heavy atom. The van der Waals surface area contributed by atoms with E-state index in [2.05, 4.69) is 31.3 Å².